The molecule has 0 aliphatic rings. The zero-order valence-corrected chi connectivity index (χ0v) is 18.9. The number of amides is 1. The predicted molar refractivity (Wildman–Crippen MR) is 128 cm³/mol. The van der Waals surface area contributed by atoms with Crippen LogP contribution in [0.4, 0.5) is 5.82 Å². The minimum atomic E-state index is -0.162. The molecule has 4 aromatic rings. The Morgan fingerprint density at radius 2 is 1.97 bits per heavy atom. The molecule has 6 nitrogen and oxygen atoms in total. The van der Waals surface area contributed by atoms with Crippen molar-refractivity contribution in [2.75, 3.05) is 5.73 Å². The highest BCUT2D eigenvalue weighted by atomic mass is 32.1. The molecule has 7 heteroatoms. The molecule has 0 atom stereocenters. The molecule has 1 aromatic carbocycles. The maximum Gasteiger partial charge on any atom is 0.252 e. The number of hydrogen-bond donors (Lipinski definition) is 3. The monoisotopic (exact) mass is 441 g/mol. The van der Waals surface area contributed by atoms with E-state index in [9.17, 15) is 4.79 Å². The first-order valence-electron chi connectivity index (χ1n) is 10.1. The summed E-state index contributed by atoms with van der Waals surface area (Å²) in [6.07, 6.45) is 1.72. The van der Waals surface area contributed by atoms with Crippen molar-refractivity contribution in [3.63, 3.8) is 0 Å². The highest BCUT2D eigenvalue weighted by Crippen LogP contribution is 2.26. The van der Waals surface area contributed by atoms with Crippen LogP contribution in [0, 0.1) is 32.6 Å². The van der Waals surface area contributed by atoms with Crippen LogP contribution in [0.5, 0.6) is 0 Å². The van der Waals surface area contributed by atoms with Crippen molar-refractivity contribution in [3.05, 3.63) is 86.5 Å². The van der Waals surface area contributed by atoms with E-state index in [0.29, 0.717) is 29.1 Å². The van der Waals surface area contributed by atoms with Crippen LogP contribution >= 0.6 is 11.3 Å². The number of H-pyrrole nitrogens is 1. The second-order valence-electron chi connectivity index (χ2n) is 7.58. The van der Waals surface area contributed by atoms with Gasteiger partial charge in [0, 0.05) is 35.1 Å². The molecule has 160 valence electrons. The number of nitrogen functional groups attached to an aromatic ring is 1. The minimum Gasteiger partial charge on any atom is -0.383 e. The zero-order valence-electron chi connectivity index (χ0n) is 18.1. The van der Waals surface area contributed by atoms with E-state index in [2.05, 4.69) is 32.3 Å². The normalized spacial score (nSPS) is 10.5. The molecule has 4 rings (SSSR count). The van der Waals surface area contributed by atoms with Gasteiger partial charge in [-0.3, -0.25) is 9.89 Å². The van der Waals surface area contributed by atoms with Crippen molar-refractivity contribution in [1.29, 1.82) is 0 Å². The summed E-state index contributed by atoms with van der Waals surface area (Å²) >= 11 is 1.60. The van der Waals surface area contributed by atoms with Crippen LogP contribution in [0.2, 0.25) is 0 Å². The second kappa shape index (κ2) is 9.08. The van der Waals surface area contributed by atoms with Gasteiger partial charge in [0.15, 0.2) is 0 Å². The van der Waals surface area contributed by atoms with Gasteiger partial charge in [-0.05, 0) is 66.9 Å². The number of carbonyl (C=O) groups excluding carboxylic acids is 1. The number of hydrogen-bond acceptors (Lipinski definition) is 5. The summed E-state index contributed by atoms with van der Waals surface area (Å²) in [6.45, 7) is 6.35. The fourth-order valence-electron chi connectivity index (χ4n) is 3.45. The Balaban J connectivity index is 1.66. The van der Waals surface area contributed by atoms with Gasteiger partial charge < -0.3 is 11.1 Å². The van der Waals surface area contributed by atoms with Gasteiger partial charge in [0.25, 0.3) is 5.91 Å². The zero-order chi connectivity index (χ0) is 22.7. The average Bonchev–Trinajstić information content (AvgIpc) is 3.41. The molecule has 32 heavy (non-hydrogen) atoms. The molecular weight excluding hydrogens is 418 g/mol. The van der Waals surface area contributed by atoms with Gasteiger partial charge in [0.1, 0.15) is 5.82 Å². The molecule has 0 radical (unpaired) electrons. The molecule has 3 heterocycles. The van der Waals surface area contributed by atoms with Crippen LogP contribution < -0.4 is 11.1 Å². The van der Waals surface area contributed by atoms with Gasteiger partial charge >= 0.3 is 0 Å². The number of carbonyl (C=O) groups is 1. The molecule has 0 saturated heterocycles. The fraction of sp³-hybridized carbons (Fsp3) is 0.160. The summed E-state index contributed by atoms with van der Waals surface area (Å²) in [5.74, 6) is 6.43. The molecule has 0 aliphatic carbocycles. The van der Waals surface area contributed by atoms with Gasteiger partial charge in [0.2, 0.25) is 0 Å². The standard InChI is InChI=1S/C25H23N5OS/c1-15-4-7-22(25(31)28-12-18-8-9-32-14-18)19(10-15)5-6-20-11-21(13-27-24(20)26)23-16(2)29-30-17(23)3/h4,7-11,13-14H,12H2,1-3H3,(H2,26,27)(H,28,31)(H,29,30). The van der Waals surface area contributed by atoms with Crippen molar-refractivity contribution in [3.8, 4) is 23.0 Å². The highest BCUT2D eigenvalue weighted by molar-refractivity contribution is 7.07. The summed E-state index contributed by atoms with van der Waals surface area (Å²) in [5, 5.41) is 14.2. The molecule has 1 amide bonds. The number of nitrogens with zero attached hydrogens (tertiary/aromatic N) is 2. The van der Waals surface area contributed by atoms with Crippen molar-refractivity contribution >= 4 is 23.1 Å². The number of benzene rings is 1. The number of rotatable bonds is 4. The molecule has 4 N–H and O–H groups in total. The third kappa shape index (κ3) is 4.56. The quantitative estimate of drug-likeness (QED) is 0.410. The van der Waals surface area contributed by atoms with Gasteiger partial charge in [-0.2, -0.15) is 16.4 Å². The number of aromatic nitrogens is 3. The maximum atomic E-state index is 12.8. The first kappa shape index (κ1) is 21.3. The Morgan fingerprint density at radius 1 is 1.16 bits per heavy atom. The molecule has 3 aromatic heterocycles. The molecule has 0 aliphatic heterocycles. The summed E-state index contributed by atoms with van der Waals surface area (Å²) in [6, 6.07) is 9.52. The molecule has 0 spiro atoms. The smallest absolute Gasteiger partial charge is 0.252 e. The van der Waals surface area contributed by atoms with E-state index >= 15 is 0 Å². The third-order valence-corrected chi connectivity index (χ3v) is 5.85. The number of nitrogens with two attached hydrogens (primary N) is 1. The van der Waals surface area contributed by atoms with E-state index in [0.717, 1.165) is 33.6 Å². The highest BCUT2D eigenvalue weighted by Gasteiger charge is 2.12. The number of thiophene rings is 1. The lowest BCUT2D eigenvalue weighted by Gasteiger charge is -2.07. The van der Waals surface area contributed by atoms with Gasteiger partial charge in [-0.1, -0.05) is 17.9 Å². The molecular formula is C25H23N5OS. The van der Waals surface area contributed by atoms with Crippen LogP contribution in [0.1, 0.15) is 44.0 Å². The lowest BCUT2D eigenvalue weighted by Crippen LogP contribution is -2.23. The average molecular weight is 442 g/mol. The molecule has 0 saturated carbocycles. The van der Waals surface area contributed by atoms with Crippen molar-refractivity contribution in [2.24, 2.45) is 0 Å². The van der Waals surface area contributed by atoms with E-state index in [-0.39, 0.29) is 5.91 Å². The van der Waals surface area contributed by atoms with E-state index in [1.165, 1.54) is 0 Å². The Kier molecular flexibility index (Phi) is 6.06. The van der Waals surface area contributed by atoms with Gasteiger partial charge in [-0.15, -0.1) is 0 Å². The van der Waals surface area contributed by atoms with Crippen LogP contribution in [-0.2, 0) is 6.54 Å². The van der Waals surface area contributed by atoms with E-state index in [1.807, 2.05) is 55.8 Å². The SMILES string of the molecule is Cc1ccc(C(=O)NCc2ccsc2)c(C#Cc2cc(-c3c(C)n[nH]c3C)cnc2N)c1. The van der Waals surface area contributed by atoms with E-state index in [1.54, 1.807) is 23.6 Å². The van der Waals surface area contributed by atoms with Gasteiger partial charge in [-0.25, -0.2) is 4.98 Å². The Bertz CT molecular complexity index is 1320. The number of aromatic amines is 1. The van der Waals surface area contributed by atoms with Crippen LogP contribution in [-0.4, -0.2) is 21.1 Å². The number of anilines is 1. The van der Waals surface area contributed by atoms with Crippen molar-refractivity contribution in [1.82, 2.24) is 20.5 Å². The fourth-order valence-corrected chi connectivity index (χ4v) is 4.12. The minimum absolute atomic E-state index is 0.162. The number of aryl methyl sites for hydroxylation is 3. The Hall–Kier alpha value is -3.89. The molecule has 0 fully saturated rings. The maximum absolute atomic E-state index is 12.8. The largest absolute Gasteiger partial charge is 0.383 e. The second-order valence-corrected chi connectivity index (χ2v) is 8.36. The predicted octanol–water partition coefficient (Wildman–Crippen LogP) is 4.37. The Morgan fingerprint density at radius 3 is 2.69 bits per heavy atom. The summed E-state index contributed by atoms with van der Waals surface area (Å²) in [7, 11) is 0. The number of nitrogens with one attached hydrogen (secondary N) is 2. The van der Waals surface area contributed by atoms with Crippen molar-refractivity contribution in [2.45, 2.75) is 27.3 Å². The lowest BCUT2D eigenvalue weighted by molar-refractivity contribution is 0.0950. The van der Waals surface area contributed by atoms with E-state index < -0.39 is 0 Å². The molecule has 0 unspecified atom stereocenters. The van der Waals surface area contributed by atoms with Crippen LogP contribution in [0.15, 0.2) is 47.3 Å². The van der Waals surface area contributed by atoms with Crippen LogP contribution in [0.25, 0.3) is 11.1 Å². The van der Waals surface area contributed by atoms with Gasteiger partial charge in [0.05, 0.1) is 16.8 Å². The lowest BCUT2D eigenvalue weighted by atomic mass is 10.0. The first-order chi connectivity index (χ1) is 15.4. The number of pyridine rings is 1. The van der Waals surface area contributed by atoms with Crippen LogP contribution in [0.3, 0.4) is 0 Å². The third-order valence-electron chi connectivity index (χ3n) is 5.12. The summed E-state index contributed by atoms with van der Waals surface area (Å²) in [4.78, 5) is 17.1. The van der Waals surface area contributed by atoms with Crippen molar-refractivity contribution < 1.29 is 4.79 Å². The topological polar surface area (TPSA) is 96.7 Å². The Labute approximate surface area is 190 Å². The first-order valence-corrected chi connectivity index (χ1v) is 11.1. The molecule has 0 bridgehead atoms. The van der Waals surface area contributed by atoms with E-state index in [4.69, 9.17) is 5.73 Å². The summed E-state index contributed by atoms with van der Waals surface area (Å²) in [5.41, 5.74) is 13.7. The summed E-state index contributed by atoms with van der Waals surface area (Å²) < 4.78 is 0.